The van der Waals surface area contributed by atoms with Crippen LogP contribution in [-0.4, -0.2) is 6.47 Å². The number of hydrogen-bond acceptors (Lipinski definition) is 2. The van der Waals surface area contributed by atoms with Gasteiger partial charge in [-0.05, 0) is 58.5 Å². The molecule has 120 valence electrons. The average molecular weight is 337 g/mol. The minimum Gasteiger partial charge on any atom is -0.436 e. The van der Waals surface area contributed by atoms with Crippen molar-refractivity contribution < 1.29 is 9.53 Å². The summed E-state index contributed by atoms with van der Waals surface area (Å²) in [5.41, 5.74) is 3.24. The van der Waals surface area contributed by atoms with E-state index in [0.717, 1.165) is 29.0 Å². The number of ether oxygens (including phenoxy) is 1. The van der Waals surface area contributed by atoms with E-state index in [9.17, 15) is 4.79 Å². The van der Waals surface area contributed by atoms with Gasteiger partial charge in [0.2, 0.25) is 0 Å². The first kappa shape index (κ1) is 16.3. The Kier molecular flexibility index (Phi) is 5.29. The fraction of sp³-hybridized carbons (Fsp3) is 0.0952. The normalized spacial score (nSPS) is 11.5. The summed E-state index contributed by atoms with van der Waals surface area (Å²) in [6.07, 6.45) is 3.15. The van der Waals surface area contributed by atoms with Gasteiger partial charge in [0.1, 0.15) is 0 Å². The first-order chi connectivity index (χ1) is 11.8. The molecule has 24 heavy (non-hydrogen) atoms. The molecule has 3 aromatic rings. The van der Waals surface area contributed by atoms with E-state index >= 15 is 0 Å². The average Bonchev–Trinajstić information content (AvgIpc) is 2.63. The summed E-state index contributed by atoms with van der Waals surface area (Å²) >= 11 is 5.92. The van der Waals surface area contributed by atoms with Crippen molar-refractivity contribution in [1.82, 2.24) is 0 Å². The zero-order valence-electron chi connectivity index (χ0n) is 13.1. The van der Waals surface area contributed by atoms with Gasteiger partial charge in [0.25, 0.3) is 6.47 Å². The number of aryl methyl sites for hydroxylation is 1. The van der Waals surface area contributed by atoms with Gasteiger partial charge in [-0.2, -0.15) is 0 Å². The molecule has 2 nitrogen and oxygen atoms in total. The van der Waals surface area contributed by atoms with Crippen molar-refractivity contribution >= 4 is 34.4 Å². The van der Waals surface area contributed by atoms with Gasteiger partial charge in [0, 0.05) is 5.02 Å². The molecule has 0 radical (unpaired) electrons. The number of benzene rings is 3. The van der Waals surface area contributed by atoms with Gasteiger partial charge in [0.15, 0.2) is 0 Å². The van der Waals surface area contributed by atoms with E-state index in [-0.39, 0.29) is 0 Å². The number of allylic oxidation sites excluding steroid dienone is 1. The lowest BCUT2D eigenvalue weighted by Gasteiger charge is -2.09. The molecule has 3 heteroatoms. The van der Waals surface area contributed by atoms with Crippen molar-refractivity contribution in [3.05, 3.63) is 89.1 Å². The highest BCUT2D eigenvalue weighted by molar-refractivity contribution is 6.30. The topological polar surface area (TPSA) is 26.3 Å². The van der Waals surface area contributed by atoms with E-state index < -0.39 is 0 Å². The molecule has 0 saturated heterocycles. The Balaban J connectivity index is 1.84. The summed E-state index contributed by atoms with van der Waals surface area (Å²) in [6, 6.07) is 22.3. The highest BCUT2D eigenvalue weighted by Crippen LogP contribution is 2.25. The Hall–Kier alpha value is -2.58. The third-order valence-corrected chi connectivity index (χ3v) is 4.23. The van der Waals surface area contributed by atoms with Crippen molar-refractivity contribution in [2.24, 2.45) is 0 Å². The fourth-order valence-electron chi connectivity index (χ4n) is 2.70. The molecule has 0 amide bonds. The number of fused-ring (bicyclic) bond motifs is 1. The Morgan fingerprint density at radius 2 is 1.71 bits per heavy atom. The molecule has 0 aliphatic carbocycles. The van der Waals surface area contributed by atoms with Gasteiger partial charge >= 0.3 is 0 Å². The first-order valence-corrected chi connectivity index (χ1v) is 8.16. The van der Waals surface area contributed by atoms with Crippen molar-refractivity contribution in [1.29, 1.82) is 0 Å². The SMILES string of the molecule is O=COC=C(CCc1ccc(Cl)cc1)c1ccc2ccccc2c1. The molecule has 0 unspecified atom stereocenters. The summed E-state index contributed by atoms with van der Waals surface area (Å²) < 4.78 is 4.91. The van der Waals surface area contributed by atoms with Crippen LogP contribution in [0, 0.1) is 0 Å². The molecule has 0 fully saturated rings. The van der Waals surface area contributed by atoms with Crippen LogP contribution in [0.2, 0.25) is 5.02 Å². The summed E-state index contributed by atoms with van der Waals surface area (Å²) in [4.78, 5) is 10.6. The largest absolute Gasteiger partial charge is 0.436 e. The lowest BCUT2D eigenvalue weighted by atomic mass is 9.97. The van der Waals surface area contributed by atoms with Crippen LogP contribution < -0.4 is 0 Å². The Morgan fingerprint density at radius 1 is 0.958 bits per heavy atom. The van der Waals surface area contributed by atoms with Crippen molar-refractivity contribution in [2.75, 3.05) is 0 Å². The van der Waals surface area contributed by atoms with Gasteiger partial charge in [-0.25, -0.2) is 0 Å². The Morgan fingerprint density at radius 3 is 2.46 bits per heavy atom. The van der Waals surface area contributed by atoms with E-state index in [1.807, 2.05) is 36.4 Å². The van der Waals surface area contributed by atoms with Crippen molar-refractivity contribution in [2.45, 2.75) is 12.8 Å². The lowest BCUT2D eigenvalue weighted by molar-refractivity contribution is -0.123. The van der Waals surface area contributed by atoms with E-state index in [2.05, 4.69) is 30.3 Å². The third kappa shape index (κ3) is 4.03. The van der Waals surface area contributed by atoms with Crippen LogP contribution in [0.25, 0.3) is 16.3 Å². The molecule has 0 aliphatic heterocycles. The Bertz CT molecular complexity index is 866. The maximum Gasteiger partial charge on any atom is 0.297 e. The maximum absolute atomic E-state index is 10.6. The van der Waals surface area contributed by atoms with Gasteiger partial charge in [-0.3, -0.25) is 4.79 Å². The molecule has 0 atom stereocenters. The molecule has 0 N–H and O–H groups in total. The van der Waals surface area contributed by atoms with Gasteiger partial charge in [0.05, 0.1) is 6.26 Å². The van der Waals surface area contributed by atoms with Crippen LogP contribution in [0.4, 0.5) is 0 Å². The number of carbonyl (C=O) groups excluding carboxylic acids is 1. The fourth-order valence-corrected chi connectivity index (χ4v) is 2.83. The van der Waals surface area contributed by atoms with E-state index in [1.54, 1.807) is 0 Å². The molecule has 0 aromatic heterocycles. The monoisotopic (exact) mass is 336 g/mol. The minimum atomic E-state index is 0.448. The van der Waals surface area contributed by atoms with Crippen LogP contribution in [-0.2, 0) is 16.0 Å². The van der Waals surface area contributed by atoms with Crippen LogP contribution in [0.5, 0.6) is 0 Å². The summed E-state index contributed by atoms with van der Waals surface area (Å²) in [5.74, 6) is 0. The molecular weight excluding hydrogens is 320 g/mol. The van der Waals surface area contributed by atoms with E-state index in [1.165, 1.54) is 22.6 Å². The Labute approximate surface area is 146 Å². The molecule has 0 spiro atoms. The van der Waals surface area contributed by atoms with Gasteiger partial charge in [-0.15, -0.1) is 0 Å². The van der Waals surface area contributed by atoms with E-state index in [4.69, 9.17) is 16.3 Å². The van der Waals surface area contributed by atoms with Crippen LogP contribution in [0.1, 0.15) is 17.5 Å². The van der Waals surface area contributed by atoms with Crippen LogP contribution in [0.3, 0.4) is 0 Å². The first-order valence-electron chi connectivity index (χ1n) is 7.78. The molecule has 0 heterocycles. The summed E-state index contributed by atoms with van der Waals surface area (Å²) in [5, 5.41) is 3.08. The van der Waals surface area contributed by atoms with Crippen LogP contribution in [0.15, 0.2) is 73.0 Å². The zero-order valence-corrected chi connectivity index (χ0v) is 13.9. The molecule has 0 aliphatic rings. The standard InChI is InChI=1S/C21H17ClO2/c22-21-11-6-16(7-12-21)5-8-20(14-24-15-23)19-10-9-17-3-1-2-4-18(17)13-19/h1-4,6-7,9-15H,5,8H2. The van der Waals surface area contributed by atoms with Crippen molar-refractivity contribution in [3.8, 4) is 0 Å². The molecule has 0 bridgehead atoms. The second kappa shape index (κ2) is 7.80. The molecule has 0 saturated carbocycles. The molecular formula is C21H17ClO2. The smallest absolute Gasteiger partial charge is 0.297 e. The van der Waals surface area contributed by atoms with Gasteiger partial charge < -0.3 is 4.74 Å². The second-order valence-corrected chi connectivity index (χ2v) is 6.00. The second-order valence-electron chi connectivity index (χ2n) is 5.56. The predicted molar refractivity (Wildman–Crippen MR) is 98.8 cm³/mol. The number of rotatable bonds is 6. The number of halogens is 1. The summed E-state index contributed by atoms with van der Waals surface area (Å²) in [6.45, 7) is 0.448. The number of hydrogen-bond donors (Lipinski definition) is 0. The van der Waals surface area contributed by atoms with Crippen molar-refractivity contribution in [3.63, 3.8) is 0 Å². The predicted octanol–water partition coefficient (Wildman–Crippen LogP) is 5.64. The van der Waals surface area contributed by atoms with Gasteiger partial charge in [-0.1, -0.05) is 60.1 Å². The highest BCUT2D eigenvalue weighted by atomic mass is 35.5. The summed E-state index contributed by atoms with van der Waals surface area (Å²) in [7, 11) is 0. The molecule has 3 rings (SSSR count). The van der Waals surface area contributed by atoms with Crippen LogP contribution >= 0.6 is 11.6 Å². The quantitative estimate of drug-likeness (QED) is 0.430. The number of carbonyl (C=O) groups is 1. The molecule has 3 aromatic carbocycles. The minimum absolute atomic E-state index is 0.448. The zero-order chi connectivity index (χ0) is 16.8. The lowest BCUT2D eigenvalue weighted by Crippen LogP contribution is -1.92. The van der Waals surface area contributed by atoms with E-state index in [0.29, 0.717) is 6.47 Å². The highest BCUT2D eigenvalue weighted by Gasteiger charge is 2.05. The maximum atomic E-state index is 10.6. The third-order valence-electron chi connectivity index (χ3n) is 3.98.